The maximum atomic E-state index is 13.8. The third-order valence-electron chi connectivity index (χ3n) is 6.47. The Morgan fingerprint density at radius 2 is 1.60 bits per heavy atom. The number of methoxy groups -OCH3 is 1. The second-order valence-electron chi connectivity index (χ2n) is 10.2. The van der Waals surface area contributed by atoms with Gasteiger partial charge in [-0.3, -0.25) is 19.6 Å². The summed E-state index contributed by atoms with van der Waals surface area (Å²) in [4.78, 5) is 54.3. The number of benzene rings is 2. The van der Waals surface area contributed by atoms with Crippen LogP contribution in [0.4, 0.5) is 0 Å². The van der Waals surface area contributed by atoms with Crippen molar-refractivity contribution in [3.8, 4) is 5.75 Å². The summed E-state index contributed by atoms with van der Waals surface area (Å²) in [5, 5.41) is 12.2. The van der Waals surface area contributed by atoms with Crippen LogP contribution in [0.3, 0.4) is 0 Å². The first-order valence-electron chi connectivity index (χ1n) is 14.1. The van der Waals surface area contributed by atoms with E-state index in [0.29, 0.717) is 17.9 Å². The van der Waals surface area contributed by atoms with Gasteiger partial charge in [-0.05, 0) is 43.0 Å². The number of esters is 1. The lowest BCUT2D eigenvalue weighted by Crippen LogP contribution is -2.49. The molecule has 0 fully saturated rings. The minimum Gasteiger partial charge on any atom is -0.497 e. The van der Waals surface area contributed by atoms with Gasteiger partial charge in [-0.15, -0.1) is 0 Å². The van der Waals surface area contributed by atoms with Gasteiger partial charge in [0, 0.05) is 26.0 Å². The fraction of sp³-hybridized carbons (Fsp3) is 0.484. The van der Waals surface area contributed by atoms with Crippen molar-refractivity contribution in [2.45, 2.75) is 52.6 Å². The molecule has 0 saturated heterocycles. The molecule has 3 amide bonds. The molecule has 42 heavy (non-hydrogen) atoms. The summed E-state index contributed by atoms with van der Waals surface area (Å²) < 4.78 is 15.9. The maximum absolute atomic E-state index is 13.8. The van der Waals surface area contributed by atoms with E-state index in [4.69, 9.17) is 14.2 Å². The Labute approximate surface area is 247 Å². The van der Waals surface area contributed by atoms with Crippen LogP contribution in [-0.2, 0) is 35.1 Å². The molecule has 0 heterocycles. The highest BCUT2D eigenvalue weighted by atomic mass is 16.5. The molecule has 0 unspecified atom stereocenters. The quantitative estimate of drug-likeness (QED) is 0.146. The Morgan fingerprint density at radius 1 is 0.929 bits per heavy atom. The van der Waals surface area contributed by atoms with Crippen LogP contribution in [0.5, 0.6) is 5.75 Å². The van der Waals surface area contributed by atoms with E-state index in [1.54, 1.807) is 81.0 Å². The summed E-state index contributed by atoms with van der Waals surface area (Å²) in [6.07, 6.45) is -0.130. The molecule has 0 aliphatic rings. The predicted molar refractivity (Wildman–Crippen MR) is 156 cm³/mol. The Kier molecular flexibility index (Phi) is 14.5. The molecule has 3 N–H and O–H groups in total. The number of carbonyl (C=O) groups excluding carboxylic acids is 4. The van der Waals surface area contributed by atoms with Crippen LogP contribution in [0.2, 0.25) is 0 Å². The Hall–Kier alpha value is -3.96. The SMILES string of the molecule is CCOC[C@H](CC(=O)N(CC(C)C)[C@@H](C(=O)NO)c1ccccc1)C(=O)N[C@@H](Cc1ccc(OC)cc1)C(=O)OCC. The van der Waals surface area contributed by atoms with Gasteiger partial charge in [0.2, 0.25) is 11.8 Å². The normalized spacial score (nSPS) is 13.0. The van der Waals surface area contributed by atoms with E-state index >= 15 is 0 Å². The molecule has 0 radical (unpaired) electrons. The van der Waals surface area contributed by atoms with Gasteiger partial charge in [0.15, 0.2) is 0 Å². The lowest BCUT2D eigenvalue weighted by atomic mass is 9.98. The average molecular weight is 586 g/mol. The molecule has 0 aliphatic heterocycles. The van der Waals surface area contributed by atoms with Crippen molar-refractivity contribution >= 4 is 23.7 Å². The van der Waals surface area contributed by atoms with Gasteiger partial charge in [0.05, 0.1) is 26.2 Å². The molecule has 0 bridgehead atoms. The minimum atomic E-state index is -1.12. The molecule has 0 spiro atoms. The fourth-order valence-electron chi connectivity index (χ4n) is 4.45. The van der Waals surface area contributed by atoms with Crippen LogP contribution in [0.1, 0.15) is 51.3 Å². The number of nitrogens with zero attached hydrogens (tertiary/aromatic N) is 1. The molecule has 2 rings (SSSR count). The number of hydrogen-bond acceptors (Lipinski definition) is 8. The summed E-state index contributed by atoms with van der Waals surface area (Å²) >= 11 is 0. The third kappa shape index (κ3) is 10.5. The van der Waals surface area contributed by atoms with Crippen molar-refractivity contribution in [2.24, 2.45) is 11.8 Å². The van der Waals surface area contributed by atoms with Crippen molar-refractivity contribution in [3.05, 3.63) is 65.7 Å². The largest absolute Gasteiger partial charge is 0.497 e. The standard InChI is InChI=1S/C31H43N3O8/c1-6-41-20-24(29(36)32-26(31(38)42-7-2)17-22-13-15-25(40-5)16-14-22)18-27(35)34(19-21(3)4)28(30(37)33-39)23-11-9-8-10-12-23/h8-16,21,24,26,28,39H,6-7,17-20H2,1-5H3,(H,32,36)(H,33,37)/t24-,26-,28+/m0/s1. The molecule has 2 aromatic rings. The molecule has 2 aromatic carbocycles. The molecule has 0 aromatic heterocycles. The van der Waals surface area contributed by atoms with Gasteiger partial charge in [0.25, 0.3) is 5.91 Å². The molecule has 3 atom stereocenters. The zero-order chi connectivity index (χ0) is 31.1. The third-order valence-corrected chi connectivity index (χ3v) is 6.47. The van der Waals surface area contributed by atoms with E-state index in [1.165, 1.54) is 4.90 Å². The second-order valence-corrected chi connectivity index (χ2v) is 10.2. The van der Waals surface area contributed by atoms with Gasteiger partial charge in [-0.25, -0.2) is 10.3 Å². The van der Waals surface area contributed by atoms with Crippen molar-refractivity contribution in [2.75, 3.05) is 33.5 Å². The molecule has 11 heteroatoms. The van der Waals surface area contributed by atoms with E-state index in [-0.39, 0.29) is 38.5 Å². The lowest BCUT2D eigenvalue weighted by Gasteiger charge is -2.33. The van der Waals surface area contributed by atoms with Crippen LogP contribution >= 0.6 is 0 Å². The Bertz CT molecular complexity index is 1140. The number of rotatable bonds is 17. The number of ether oxygens (including phenoxy) is 3. The predicted octanol–water partition coefficient (Wildman–Crippen LogP) is 3.06. The van der Waals surface area contributed by atoms with E-state index < -0.39 is 41.7 Å². The fourth-order valence-corrected chi connectivity index (χ4v) is 4.45. The van der Waals surface area contributed by atoms with Gasteiger partial charge < -0.3 is 24.4 Å². The van der Waals surface area contributed by atoms with E-state index in [9.17, 15) is 24.4 Å². The van der Waals surface area contributed by atoms with Crippen LogP contribution in [0, 0.1) is 11.8 Å². The van der Waals surface area contributed by atoms with Crippen LogP contribution in [0.15, 0.2) is 54.6 Å². The molecule has 11 nitrogen and oxygen atoms in total. The summed E-state index contributed by atoms with van der Waals surface area (Å²) in [6, 6.07) is 13.6. The lowest BCUT2D eigenvalue weighted by molar-refractivity contribution is -0.149. The first-order chi connectivity index (χ1) is 20.1. The zero-order valence-electron chi connectivity index (χ0n) is 25.0. The van der Waals surface area contributed by atoms with Gasteiger partial charge >= 0.3 is 5.97 Å². The van der Waals surface area contributed by atoms with E-state index in [2.05, 4.69) is 5.32 Å². The monoisotopic (exact) mass is 585 g/mol. The Balaban J connectivity index is 2.34. The average Bonchev–Trinajstić information content (AvgIpc) is 2.99. The second kappa shape index (κ2) is 17.8. The number of nitrogens with one attached hydrogen (secondary N) is 2. The highest BCUT2D eigenvalue weighted by Crippen LogP contribution is 2.25. The molecular formula is C31H43N3O8. The molecule has 0 aliphatic carbocycles. The number of hydroxylamine groups is 1. The van der Waals surface area contributed by atoms with Crippen LogP contribution in [0.25, 0.3) is 0 Å². The van der Waals surface area contributed by atoms with E-state index in [1.807, 2.05) is 13.8 Å². The summed E-state index contributed by atoms with van der Waals surface area (Å²) in [7, 11) is 1.55. The summed E-state index contributed by atoms with van der Waals surface area (Å²) in [5.41, 5.74) is 2.95. The number of hydrogen-bond donors (Lipinski definition) is 3. The Morgan fingerprint density at radius 3 is 2.14 bits per heavy atom. The molecular weight excluding hydrogens is 542 g/mol. The van der Waals surface area contributed by atoms with Crippen molar-refractivity contribution in [1.82, 2.24) is 15.7 Å². The summed E-state index contributed by atoms with van der Waals surface area (Å²) in [5.74, 6) is -2.76. The first kappa shape index (κ1) is 34.2. The molecule has 0 saturated carbocycles. The minimum absolute atomic E-state index is 0.0245. The molecule has 230 valence electrons. The van der Waals surface area contributed by atoms with Crippen LogP contribution < -0.4 is 15.5 Å². The zero-order valence-corrected chi connectivity index (χ0v) is 25.0. The smallest absolute Gasteiger partial charge is 0.328 e. The number of amides is 3. The van der Waals surface area contributed by atoms with Gasteiger partial charge in [-0.2, -0.15) is 0 Å². The van der Waals surface area contributed by atoms with Crippen molar-refractivity contribution in [1.29, 1.82) is 0 Å². The van der Waals surface area contributed by atoms with E-state index in [0.717, 1.165) is 5.56 Å². The topological polar surface area (TPSA) is 144 Å². The van der Waals surface area contributed by atoms with Gasteiger partial charge in [-0.1, -0.05) is 56.3 Å². The van der Waals surface area contributed by atoms with Crippen molar-refractivity contribution < 1.29 is 38.6 Å². The first-order valence-corrected chi connectivity index (χ1v) is 14.1. The number of carbonyl (C=O) groups is 4. The van der Waals surface area contributed by atoms with Crippen molar-refractivity contribution in [3.63, 3.8) is 0 Å². The highest BCUT2D eigenvalue weighted by molar-refractivity contribution is 5.92. The van der Waals surface area contributed by atoms with Gasteiger partial charge in [0.1, 0.15) is 17.8 Å². The summed E-state index contributed by atoms with van der Waals surface area (Å²) in [6.45, 7) is 7.79. The highest BCUT2D eigenvalue weighted by Gasteiger charge is 2.35. The van der Waals surface area contributed by atoms with Crippen LogP contribution in [-0.4, -0.2) is 73.3 Å². The maximum Gasteiger partial charge on any atom is 0.328 e.